The van der Waals surface area contributed by atoms with Gasteiger partial charge in [0.1, 0.15) is 0 Å². The minimum absolute atomic E-state index is 0.115. The van der Waals surface area contributed by atoms with Crippen LogP contribution in [0.15, 0.2) is 81.7 Å². The van der Waals surface area contributed by atoms with E-state index < -0.39 is 33.0 Å². The molecule has 0 saturated heterocycles. The van der Waals surface area contributed by atoms with Crippen LogP contribution in [0.5, 0.6) is 28.7 Å². The average Bonchev–Trinajstić information content (AvgIpc) is 2.94. The standard InChI is InChI=1S/C13H9BrFNO4.C7H7BrO2.C6H3F2NO2/c1-19-13-6-8(14)2-4-12(13)20-11-5-3-9(16(17)18)7-10(11)15;1-10-7-4-5(8)2-3-6(7)9;7-5-2-1-4(9(10)11)3-6(5)8/h2-7H,1H3;2-4,9H,1H3;1-3H. The molecule has 4 aromatic carbocycles. The fraction of sp³-hybridized carbons (Fsp3) is 0.0769. The molecule has 0 unspecified atom stereocenters. The first-order chi connectivity index (χ1) is 19.4. The van der Waals surface area contributed by atoms with E-state index >= 15 is 0 Å². The first kappa shape index (κ1) is 32.8. The predicted octanol–water partition coefficient (Wildman–Crippen LogP) is 8.33. The number of aromatic hydroxyl groups is 1. The summed E-state index contributed by atoms with van der Waals surface area (Å²) in [6, 6.07) is 15.3. The number of nitro benzene ring substituents is 2. The number of ether oxygens (including phenoxy) is 3. The van der Waals surface area contributed by atoms with Crippen molar-refractivity contribution in [3.63, 3.8) is 0 Å². The third kappa shape index (κ3) is 9.95. The molecule has 0 radical (unpaired) electrons. The zero-order chi connectivity index (χ0) is 30.7. The van der Waals surface area contributed by atoms with Gasteiger partial charge in [-0.1, -0.05) is 31.9 Å². The number of halogens is 5. The quantitative estimate of drug-likeness (QED) is 0.156. The minimum Gasteiger partial charge on any atom is -0.504 e. The van der Waals surface area contributed by atoms with Gasteiger partial charge < -0.3 is 19.3 Å². The Kier molecular flexibility index (Phi) is 12.4. The van der Waals surface area contributed by atoms with Crippen LogP contribution in [0.4, 0.5) is 24.5 Å². The molecule has 15 heteroatoms. The maximum absolute atomic E-state index is 13.7. The molecular formula is C26H19Br2F3N2O8. The minimum atomic E-state index is -1.21. The SMILES string of the molecule is COc1cc(Br)ccc1O.COc1cc(Br)ccc1Oc1ccc([N+](=O)[O-])cc1F.O=[N+]([O-])c1ccc(F)c(F)c1. The zero-order valence-electron chi connectivity index (χ0n) is 21.0. The number of hydrogen-bond donors (Lipinski definition) is 1. The summed E-state index contributed by atoms with van der Waals surface area (Å²) in [5.41, 5.74) is -0.790. The van der Waals surface area contributed by atoms with Crippen molar-refractivity contribution >= 4 is 43.2 Å². The third-order valence-corrected chi connectivity index (χ3v) is 5.71. The van der Waals surface area contributed by atoms with Gasteiger partial charge in [-0.25, -0.2) is 13.2 Å². The van der Waals surface area contributed by atoms with Crippen LogP contribution in [-0.2, 0) is 0 Å². The smallest absolute Gasteiger partial charge is 0.272 e. The van der Waals surface area contributed by atoms with E-state index in [0.29, 0.717) is 29.4 Å². The molecule has 10 nitrogen and oxygen atoms in total. The number of methoxy groups -OCH3 is 2. The van der Waals surface area contributed by atoms with Gasteiger partial charge in [-0.05, 0) is 48.5 Å². The lowest BCUT2D eigenvalue weighted by Crippen LogP contribution is -1.94. The normalized spacial score (nSPS) is 9.83. The summed E-state index contributed by atoms with van der Waals surface area (Å²) >= 11 is 6.52. The number of non-ortho nitro benzene ring substituents is 2. The van der Waals surface area contributed by atoms with E-state index in [1.807, 2.05) is 0 Å². The van der Waals surface area contributed by atoms with Crippen molar-refractivity contribution in [2.75, 3.05) is 14.2 Å². The summed E-state index contributed by atoms with van der Waals surface area (Å²) in [5, 5.41) is 29.6. The van der Waals surface area contributed by atoms with Gasteiger partial charge in [-0.2, -0.15) is 0 Å². The number of benzene rings is 4. The van der Waals surface area contributed by atoms with Crippen LogP contribution in [0.1, 0.15) is 0 Å². The number of phenolic OH excluding ortho intramolecular Hbond substituents is 1. The first-order valence-electron chi connectivity index (χ1n) is 10.9. The molecule has 1 N–H and O–H groups in total. The van der Waals surface area contributed by atoms with Gasteiger partial charge in [-0.3, -0.25) is 20.2 Å². The number of phenols is 1. The summed E-state index contributed by atoms with van der Waals surface area (Å²) in [4.78, 5) is 19.1. The Balaban J connectivity index is 0.000000236. The Labute approximate surface area is 247 Å². The van der Waals surface area contributed by atoms with Crippen molar-refractivity contribution in [1.29, 1.82) is 0 Å². The van der Waals surface area contributed by atoms with E-state index in [1.54, 1.807) is 36.4 Å². The molecule has 0 bridgehead atoms. The molecule has 4 aromatic rings. The Bertz CT molecular complexity index is 1540. The molecule has 41 heavy (non-hydrogen) atoms. The van der Waals surface area contributed by atoms with Gasteiger partial charge in [0.25, 0.3) is 11.4 Å². The zero-order valence-corrected chi connectivity index (χ0v) is 24.2. The van der Waals surface area contributed by atoms with Crippen LogP contribution in [0, 0.1) is 37.7 Å². The van der Waals surface area contributed by atoms with Crippen LogP contribution in [-0.4, -0.2) is 29.2 Å². The Morgan fingerprint density at radius 2 is 1.12 bits per heavy atom. The molecule has 0 aliphatic rings. The molecule has 0 aliphatic heterocycles. The summed E-state index contributed by atoms with van der Waals surface area (Å²) in [6.45, 7) is 0. The van der Waals surface area contributed by atoms with Crippen molar-refractivity contribution in [1.82, 2.24) is 0 Å². The molecule has 0 aromatic heterocycles. The molecule has 216 valence electrons. The molecule has 0 fully saturated rings. The van der Waals surface area contributed by atoms with E-state index in [0.717, 1.165) is 21.1 Å². The van der Waals surface area contributed by atoms with Crippen LogP contribution in [0.3, 0.4) is 0 Å². The maximum Gasteiger partial charge on any atom is 0.272 e. The predicted molar refractivity (Wildman–Crippen MR) is 149 cm³/mol. The second-order valence-electron chi connectivity index (χ2n) is 7.44. The number of nitrogens with zero attached hydrogens (tertiary/aromatic N) is 2. The molecule has 0 atom stereocenters. The molecule has 0 heterocycles. The molecule has 0 aliphatic carbocycles. The summed E-state index contributed by atoms with van der Waals surface area (Å²) in [5.74, 6) is -1.86. The van der Waals surface area contributed by atoms with Crippen molar-refractivity contribution in [3.8, 4) is 28.7 Å². The molecular weight excluding hydrogens is 685 g/mol. The number of hydrogen-bond acceptors (Lipinski definition) is 8. The summed E-state index contributed by atoms with van der Waals surface area (Å²) in [7, 11) is 2.97. The molecule has 0 saturated carbocycles. The highest BCUT2D eigenvalue weighted by Gasteiger charge is 2.14. The van der Waals surface area contributed by atoms with Gasteiger partial charge in [0.2, 0.25) is 0 Å². The van der Waals surface area contributed by atoms with Gasteiger partial charge >= 0.3 is 0 Å². The van der Waals surface area contributed by atoms with E-state index in [4.69, 9.17) is 19.3 Å². The lowest BCUT2D eigenvalue weighted by atomic mass is 10.3. The lowest BCUT2D eigenvalue weighted by molar-refractivity contribution is -0.385. The Hall–Kier alpha value is -4.37. The van der Waals surface area contributed by atoms with Gasteiger partial charge in [0.15, 0.2) is 46.2 Å². The van der Waals surface area contributed by atoms with E-state index in [-0.39, 0.29) is 17.2 Å². The molecule has 0 amide bonds. The topological polar surface area (TPSA) is 134 Å². The molecule has 0 spiro atoms. The van der Waals surface area contributed by atoms with Gasteiger partial charge in [0.05, 0.1) is 36.2 Å². The highest BCUT2D eigenvalue weighted by Crippen LogP contribution is 2.35. The summed E-state index contributed by atoms with van der Waals surface area (Å²) < 4.78 is 55.2. The van der Waals surface area contributed by atoms with Crippen LogP contribution in [0.2, 0.25) is 0 Å². The van der Waals surface area contributed by atoms with Crippen molar-refractivity contribution in [3.05, 3.63) is 119 Å². The van der Waals surface area contributed by atoms with Crippen molar-refractivity contribution in [2.45, 2.75) is 0 Å². The van der Waals surface area contributed by atoms with E-state index in [9.17, 15) is 33.4 Å². The average molecular weight is 704 g/mol. The van der Waals surface area contributed by atoms with Crippen LogP contribution < -0.4 is 14.2 Å². The third-order valence-electron chi connectivity index (χ3n) is 4.73. The second kappa shape index (κ2) is 15.4. The van der Waals surface area contributed by atoms with Crippen molar-refractivity contribution < 1.29 is 42.3 Å². The second-order valence-corrected chi connectivity index (χ2v) is 9.27. The monoisotopic (exact) mass is 702 g/mol. The fourth-order valence-electron chi connectivity index (χ4n) is 2.78. The highest BCUT2D eigenvalue weighted by atomic mass is 79.9. The number of rotatable bonds is 6. The Morgan fingerprint density at radius 3 is 1.61 bits per heavy atom. The lowest BCUT2D eigenvalue weighted by Gasteiger charge is -2.11. The fourth-order valence-corrected chi connectivity index (χ4v) is 3.46. The highest BCUT2D eigenvalue weighted by molar-refractivity contribution is 9.10. The first-order valence-corrected chi connectivity index (χ1v) is 12.5. The van der Waals surface area contributed by atoms with Crippen LogP contribution >= 0.6 is 31.9 Å². The van der Waals surface area contributed by atoms with E-state index in [2.05, 4.69) is 31.9 Å². The van der Waals surface area contributed by atoms with E-state index in [1.165, 1.54) is 26.4 Å². The summed E-state index contributed by atoms with van der Waals surface area (Å²) in [6.07, 6.45) is 0. The largest absolute Gasteiger partial charge is 0.504 e. The maximum atomic E-state index is 13.7. The van der Waals surface area contributed by atoms with Gasteiger partial charge in [0, 0.05) is 21.1 Å². The van der Waals surface area contributed by atoms with Crippen LogP contribution in [0.25, 0.3) is 0 Å². The molecule has 4 rings (SSSR count). The van der Waals surface area contributed by atoms with Crippen molar-refractivity contribution in [2.24, 2.45) is 0 Å². The van der Waals surface area contributed by atoms with Gasteiger partial charge in [-0.15, -0.1) is 0 Å². The Morgan fingerprint density at radius 1 is 0.634 bits per heavy atom. The number of nitro groups is 2.